The molecule has 1 aliphatic heterocycles. The van der Waals surface area contributed by atoms with E-state index in [-0.39, 0.29) is 0 Å². The van der Waals surface area contributed by atoms with Gasteiger partial charge in [-0.3, -0.25) is 9.98 Å². The van der Waals surface area contributed by atoms with Gasteiger partial charge in [-0.25, -0.2) is 0 Å². The number of likely N-dealkylation sites (tertiary alicyclic amines) is 1. The van der Waals surface area contributed by atoms with Crippen molar-refractivity contribution in [2.45, 2.75) is 39.2 Å². The first-order valence-corrected chi connectivity index (χ1v) is 8.77. The van der Waals surface area contributed by atoms with Gasteiger partial charge < -0.3 is 15.5 Å². The van der Waals surface area contributed by atoms with Crippen molar-refractivity contribution in [3.63, 3.8) is 0 Å². The number of hydrogen-bond acceptors (Lipinski definition) is 3. The molecule has 1 saturated heterocycles. The summed E-state index contributed by atoms with van der Waals surface area (Å²) in [5.74, 6) is 1.60. The second kappa shape index (κ2) is 9.50. The molecular formula is C18H31N5. The zero-order valence-corrected chi connectivity index (χ0v) is 14.8. The highest BCUT2D eigenvalue weighted by Crippen LogP contribution is 2.17. The Kier molecular flexibility index (Phi) is 7.33. The van der Waals surface area contributed by atoms with E-state index in [9.17, 15) is 0 Å². The van der Waals surface area contributed by atoms with E-state index in [1.807, 2.05) is 25.4 Å². The van der Waals surface area contributed by atoms with Gasteiger partial charge in [0, 0.05) is 51.0 Å². The fraction of sp³-hybridized carbons (Fsp3) is 0.667. The first-order chi connectivity index (χ1) is 11.2. The number of nitrogens with zero attached hydrogens (tertiary/aromatic N) is 3. The van der Waals surface area contributed by atoms with Crippen LogP contribution in [-0.4, -0.2) is 55.1 Å². The summed E-state index contributed by atoms with van der Waals surface area (Å²) in [4.78, 5) is 11.2. The van der Waals surface area contributed by atoms with Gasteiger partial charge in [-0.2, -0.15) is 0 Å². The van der Waals surface area contributed by atoms with Crippen LogP contribution in [0.4, 0.5) is 0 Å². The normalized spacial score (nSPS) is 19.8. The topological polar surface area (TPSA) is 52.6 Å². The third kappa shape index (κ3) is 6.18. The largest absolute Gasteiger partial charge is 0.356 e. The van der Waals surface area contributed by atoms with E-state index in [1.54, 1.807) is 0 Å². The molecule has 1 aromatic rings. The zero-order valence-electron chi connectivity index (χ0n) is 14.8. The molecule has 1 unspecified atom stereocenters. The number of aromatic nitrogens is 1. The van der Waals surface area contributed by atoms with Crippen molar-refractivity contribution in [1.82, 2.24) is 20.5 Å². The van der Waals surface area contributed by atoms with E-state index in [2.05, 4.69) is 45.4 Å². The molecule has 1 fully saturated rings. The van der Waals surface area contributed by atoms with Crippen LogP contribution in [0.25, 0.3) is 0 Å². The molecule has 2 heterocycles. The van der Waals surface area contributed by atoms with Crippen LogP contribution in [0.5, 0.6) is 0 Å². The molecule has 0 amide bonds. The van der Waals surface area contributed by atoms with Crippen molar-refractivity contribution >= 4 is 5.96 Å². The third-order valence-corrected chi connectivity index (χ3v) is 4.46. The Bertz CT molecular complexity index is 472. The lowest BCUT2D eigenvalue weighted by Crippen LogP contribution is -2.46. The molecule has 0 saturated carbocycles. The minimum atomic E-state index is 0.647. The summed E-state index contributed by atoms with van der Waals surface area (Å²) < 4.78 is 0. The van der Waals surface area contributed by atoms with E-state index < -0.39 is 0 Å². The molecule has 0 bridgehead atoms. The van der Waals surface area contributed by atoms with E-state index in [0.29, 0.717) is 12.0 Å². The molecule has 1 atom stereocenters. The van der Waals surface area contributed by atoms with Gasteiger partial charge in [0.2, 0.25) is 0 Å². The molecule has 1 aromatic heterocycles. The number of pyridine rings is 1. The summed E-state index contributed by atoms with van der Waals surface area (Å²) in [7, 11) is 1.83. The SMILES string of the molecule is CN=C(NCCc1ccccn1)NCC1CCCN(C(C)C)C1. The summed E-state index contributed by atoms with van der Waals surface area (Å²) >= 11 is 0. The average Bonchev–Trinajstić information content (AvgIpc) is 2.59. The van der Waals surface area contributed by atoms with Crippen LogP contribution in [-0.2, 0) is 6.42 Å². The van der Waals surface area contributed by atoms with Gasteiger partial charge in [0.05, 0.1) is 0 Å². The van der Waals surface area contributed by atoms with E-state index in [1.165, 1.54) is 25.9 Å². The first kappa shape index (κ1) is 17.7. The fourth-order valence-electron chi connectivity index (χ4n) is 3.05. The Morgan fingerprint density at radius 3 is 2.96 bits per heavy atom. The van der Waals surface area contributed by atoms with Crippen molar-refractivity contribution in [3.8, 4) is 0 Å². The number of aliphatic imine (C=N–C) groups is 1. The molecule has 2 N–H and O–H groups in total. The Labute approximate surface area is 140 Å². The molecule has 5 nitrogen and oxygen atoms in total. The number of piperidine rings is 1. The molecule has 128 valence electrons. The summed E-state index contributed by atoms with van der Waals surface area (Å²) in [5.41, 5.74) is 1.11. The van der Waals surface area contributed by atoms with E-state index >= 15 is 0 Å². The van der Waals surface area contributed by atoms with E-state index in [4.69, 9.17) is 0 Å². The summed E-state index contributed by atoms with van der Waals surface area (Å²) in [6.45, 7) is 8.84. The average molecular weight is 317 g/mol. The number of hydrogen-bond donors (Lipinski definition) is 2. The molecule has 2 rings (SSSR count). The van der Waals surface area contributed by atoms with Crippen molar-refractivity contribution in [2.75, 3.05) is 33.2 Å². The molecule has 0 spiro atoms. The zero-order chi connectivity index (χ0) is 16.5. The highest BCUT2D eigenvalue weighted by molar-refractivity contribution is 5.79. The standard InChI is InChI=1S/C18H31N5/c1-15(2)23-12-6-7-16(14-23)13-22-18(19-3)21-11-9-17-8-4-5-10-20-17/h4-5,8,10,15-16H,6-7,9,11-14H2,1-3H3,(H2,19,21,22). The highest BCUT2D eigenvalue weighted by atomic mass is 15.2. The predicted molar refractivity (Wildman–Crippen MR) is 96.7 cm³/mol. The minimum absolute atomic E-state index is 0.647. The van der Waals surface area contributed by atoms with Crippen molar-refractivity contribution in [1.29, 1.82) is 0 Å². The van der Waals surface area contributed by atoms with Crippen LogP contribution in [0, 0.1) is 5.92 Å². The van der Waals surface area contributed by atoms with Gasteiger partial charge in [-0.05, 0) is 51.3 Å². The smallest absolute Gasteiger partial charge is 0.190 e. The maximum Gasteiger partial charge on any atom is 0.190 e. The second-order valence-corrected chi connectivity index (χ2v) is 6.55. The Balaban J connectivity index is 1.68. The molecular weight excluding hydrogens is 286 g/mol. The third-order valence-electron chi connectivity index (χ3n) is 4.46. The summed E-state index contributed by atoms with van der Waals surface area (Å²) in [5, 5.41) is 6.85. The number of nitrogens with one attached hydrogen (secondary N) is 2. The fourth-order valence-corrected chi connectivity index (χ4v) is 3.05. The molecule has 0 aliphatic carbocycles. The second-order valence-electron chi connectivity index (χ2n) is 6.55. The maximum atomic E-state index is 4.34. The maximum absolute atomic E-state index is 4.34. The van der Waals surface area contributed by atoms with Crippen molar-refractivity contribution < 1.29 is 0 Å². The van der Waals surface area contributed by atoms with Gasteiger partial charge in [0.1, 0.15) is 0 Å². The van der Waals surface area contributed by atoms with Crippen molar-refractivity contribution in [3.05, 3.63) is 30.1 Å². The number of guanidine groups is 1. The van der Waals surface area contributed by atoms with Gasteiger partial charge in [-0.1, -0.05) is 6.07 Å². The Morgan fingerprint density at radius 1 is 1.39 bits per heavy atom. The van der Waals surface area contributed by atoms with Gasteiger partial charge in [-0.15, -0.1) is 0 Å². The quantitative estimate of drug-likeness (QED) is 0.622. The molecule has 1 aliphatic rings. The van der Waals surface area contributed by atoms with Gasteiger partial charge in [0.15, 0.2) is 5.96 Å². The highest BCUT2D eigenvalue weighted by Gasteiger charge is 2.21. The van der Waals surface area contributed by atoms with Gasteiger partial charge in [0.25, 0.3) is 0 Å². The molecule has 5 heteroatoms. The lowest BCUT2D eigenvalue weighted by atomic mass is 9.97. The van der Waals surface area contributed by atoms with E-state index in [0.717, 1.165) is 31.2 Å². The number of rotatable bonds is 6. The van der Waals surface area contributed by atoms with Crippen molar-refractivity contribution in [2.24, 2.45) is 10.9 Å². The van der Waals surface area contributed by atoms with Crippen LogP contribution in [0.2, 0.25) is 0 Å². The van der Waals surface area contributed by atoms with Crippen LogP contribution in [0.1, 0.15) is 32.4 Å². The Morgan fingerprint density at radius 2 is 2.26 bits per heavy atom. The monoisotopic (exact) mass is 317 g/mol. The Hall–Kier alpha value is -1.62. The van der Waals surface area contributed by atoms with Crippen LogP contribution in [0.15, 0.2) is 29.4 Å². The van der Waals surface area contributed by atoms with Crippen LogP contribution >= 0.6 is 0 Å². The molecule has 23 heavy (non-hydrogen) atoms. The summed E-state index contributed by atoms with van der Waals surface area (Å²) in [6, 6.07) is 6.68. The molecule has 0 aromatic carbocycles. The summed E-state index contributed by atoms with van der Waals surface area (Å²) in [6.07, 6.45) is 5.36. The van der Waals surface area contributed by atoms with Gasteiger partial charge >= 0.3 is 0 Å². The minimum Gasteiger partial charge on any atom is -0.356 e. The first-order valence-electron chi connectivity index (χ1n) is 8.77. The van der Waals surface area contributed by atoms with Crippen LogP contribution < -0.4 is 10.6 Å². The lowest BCUT2D eigenvalue weighted by Gasteiger charge is -2.35. The van der Waals surface area contributed by atoms with Crippen LogP contribution in [0.3, 0.4) is 0 Å². The molecule has 0 radical (unpaired) electrons. The predicted octanol–water partition coefficient (Wildman–Crippen LogP) is 1.91. The lowest BCUT2D eigenvalue weighted by molar-refractivity contribution is 0.141.